The van der Waals surface area contributed by atoms with E-state index in [0.29, 0.717) is 19.6 Å². The smallest absolute Gasteiger partial charge is 0.153 e. The van der Waals surface area contributed by atoms with Crippen molar-refractivity contribution in [1.82, 2.24) is 0 Å². The zero-order valence-electron chi connectivity index (χ0n) is 7.25. The second-order valence-corrected chi connectivity index (χ2v) is 5.35. The molecule has 1 rings (SSSR count). The summed E-state index contributed by atoms with van der Waals surface area (Å²) < 4.78 is 27.7. The molecule has 1 aliphatic heterocycles. The molecule has 0 aromatic rings. The number of rotatable bonds is 3. The normalized spacial score (nSPS) is 33.8. The molecule has 2 N–H and O–H groups in total. The highest BCUT2D eigenvalue weighted by Crippen LogP contribution is 2.26. The van der Waals surface area contributed by atoms with Gasteiger partial charge < -0.3 is 10.5 Å². The van der Waals surface area contributed by atoms with E-state index >= 15 is 0 Å². The molecule has 0 saturated carbocycles. The van der Waals surface area contributed by atoms with Gasteiger partial charge in [0.15, 0.2) is 9.84 Å². The summed E-state index contributed by atoms with van der Waals surface area (Å²) in [6.07, 6.45) is 0.541. The quantitative estimate of drug-likeness (QED) is 0.658. The average Bonchev–Trinajstić information content (AvgIpc) is 2.29. The molecule has 0 amide bonds. The van der Waals surface area contributed by atoms with Crippen LogP contribution in [0, 0.1) is 0 Å². The molecule has 0 aromatic carbocycles. The summed E-state index contributed by atoms with van der Waals surface area (Å²) in [5, 5.41) is 0. The lowest BCUT2D eigenvalue weighted by Gasteiger charge is -2.25. The third-order valence-electron chi connectivity index (χ3n) is 2.17. The van der Waals surface area contributed by atoms with Crippen LogP contribution >= 0.6 is 0 Å². The first kappa shape index (κ1) is 9.95. The van der Waals surface area contributed by atoms with Crippen molar-refractivity contribution in [2.24, 2.45) is 5.73 Å². The van der Waals surface area contributed by atoms with E-state index in [1.54, 1.807) is 0 Å². The summed E-state index contributed by atoms with van der Waals surface area (Å²) in [4.78, 5) is 0. The molecule has 0 aromatic heterocycles. The molecule has 5 heteroatoms. The summed E-state index contributed by atoms with van der Waals surface area (Å²) in [6, 6.07) is 0. The van der Waals surface area contributed by atoms with Gasteiger partial charge >= 0.3 is 0 Å². The van der Waals surface area contributed by atoms with Crippen molar-refractivity contribution in [3.8, 4) is 0 Å². The Kier molecular flexibility index (Phi) is 2.75. The van der Waals surface area contributed by atoms with Gasteiger partial charge in [0.2, 0.25) is 0 Å². The fraction of sp³-hybridized carbons (Fsp3) is 1.00. The Balaban J connectivity index is 2.72. The van der Waals surface area contributed by atoms with Crippen LogP contribution < -0.4 is 5.73 Å². The minimum Gasteiger partial charge on any atom is -0.373 e. The Morgan fingerprint density at radius 3 is 2.58 bits per heavy atom. The predicted octanol–water partition coefficient (Wildman–Crippen LogP) is -0.461. The molecule has 0 bridgehead atoms. The maximum absolute atomic E-state index is 11.1. The van der Waals surface area contributed by atoms with Crippen LogP contribution in [0.1, 0.15) is 13.3 Å². The summed E-state index contributed by atoms with van der Waals surface area (Å²) in [5.41, 5.74) is 4.90. The maximum atomic E-state index is 11.1. The molecule has 0 spiro atoms. The first-order valence-electron chi connectivity index (χ1n) is 4.08. The topological polar surface area (TPSA) is 69.4 Å². The molecular weight excluding hydrogens is 178 g/mol. The fourth-order valence-corrected chi connectivity index (χ4v) is 3.50. The van der Waals surface area contributed by atoms with Crippen LogP contribution in [0.4, 0.5) is 0 Å². The molecule has 0 aliphatic carbocycles. The lowest BCUT2D eigenvalue weighted by Crippen LogP contribution is -2.41. The van der Waals surface area contributed by atoms with Gasteiger partial charge in [-0.1, -0.05) is 0 Å². The van der Waals surface area contributed by atoms with Gasteiger partial charge in [-0.15, -0.1) is 0 Å². The van der Waals surface area contributed by atoms with Crippen LogP contribution in [-0.4, -0.2) is 38.7 Å². The number of hydrogen-bond acceptors (Lipinski definition) is 4. The molecule has 1 atom stereocenters. The largest absolute Gasteiger partial charge is 0.373 e. The number of nitrogens with two attached hydrogens (primary N) is 1. The molecule has 1 aliphatic rings. The van der Waals surface area contributed by atoms with Gasteiger partial charge in [0.05, 0.1) is 17.1 Å². The van der Waals surface area contributed by atoms with Crippen LogP contribution in [0.2, 0.25) is 0 Å². The molecular formula is C7H15NO3S. The van der Waals surface area contributed by atoms with Crippen LogP contribution in [0.3, 0.4) is 0 Å². The van der Waals surface area contributed by atoms with E-state index < -0.39 is 15.4 Å². The number of hydrogen-bond donors (Lipinski definition) is 1. The highest BCUT2D eigenvalue weighted by atomic mass is 32.2. The van der Waals surface area contributed by atoms with Gasteiger partial charge in [-0.3, -0.25) is 0 Å². The standard InChI is InChI=1S/C7H15NO3S/c1-2-11-7(5-8)3-4-12(9,10)6-7/h2-6,8H2,1H3. The average molecular weight is 193 g/mol. The zero-order chi connectivity index (χ0) is 9.24. The fourth-order valence-electron chi connectivity index (χ4n) is 1.53. The SMILES string of the molecule is CCOC1(CN)CCS(=O)(=O)C1. The van der Waals surface area contributed by atoms with E-state index in [1.807, 2.05) is 6.92 Å². The van der Waals surface area contributed by atoms with Crippen molar-refractivity contribution < 1.29 is 13.2 Å². The van der Waals surface area contributed by atoms with Crippen molar-refractivity contribution in [2.75, 3.05) is 24.7 Å². The molecule has 4 nitrogen and oxygen atoms in total. The van der Waals surface area contributed by atoms with Crippen molar-refractivity contribution >= 4 is 9.84 Å². The molecule has 0 radical (unpaired) electrons. The van der Waals surface area contributed by atoms with E-state index in [1.165, 1.54) is 0 Å². The molecule has 12 heavy (non-hydrogen) atoms. The molecule has 1 fully saturated rings. The monoisotopic (exact) mass is 193 g/mol. The lowest BCUT2D eigenvalue weighted by molar-refractivity contribution is -0.0115. The van der Waals surface area contributed by atoms with Gasteiger partial charge in [0, 0.05) is 13.2 Å². The first-order chi connectivity index (χ1) is 5.54. The Morgan fingerprint density at radius 2 is 2.25 bits per heavy atom. The van der Waals surface area contributed by atoms with Gasteiger partial charge in [0.25, 0.3) is 0 Å². The summed E-state index contributed by atoms with van der Waals surface area (Å²) >= 11 is 0. The Hall–Kier alpha value is -0.130. The molecule has 1 saturated heterocycles. The predicted molar refractivity (Wildman–Crippen MR) is 46.7 cm³/mol. The Labute approximate surface area is 73.0 Å². The summed E-state index contributed by atoms with van der Waals surface area (Å²) in [7, 11) is -2.89. The third-order valence-corrected chi connectivity index (χ3v) is 3.97. The molecule has 72 valence electrons. The summed E-state index contributed by atoms with van der Waals surface area (Å²) in [6.45, 7) is 2.66. The second kappa shape index (κ2) is 3.32. The van der Waals surface area contributed by atoms with Crippen LogP contribution in [-0.2, 0) is 14.6 Å². The van der Waals surface area contributed by atoms with Crippen molar-refractivity contribution in [2.45, 2.75) is 18.9 Å². The molecule has 1 heterocycles. The van der Waals surface area contributed by atoms with Crippen LogP contribution in [0.25, 0.3) is 0 Å². The van der Waals surface area contributed by atoms with Gasteiger partial charge in [-0.2, -0.15) is 0 Å². The van der Waals surface area contributed by atoms with Gasteiger partial charge in [-0.25, -0.2) is 8.42 Å². The Bertz CT molecular complexity index is 249. The lowest BCUT2D eigenvalue weighted by atomic mass is 10.0. The first-order valence-corrected chi connectivity index (χ1v) is 5.90. The highest BCUT2D eigenvalue weighted by Gasteiger charge is 2.41. The van der Waals surface area contributed by atoms with E-state index in [-0.39, 0.29) is 11.5 Å². The Morgan fingerprint density at radius 1 is 1.58 bits per heavy atom. The van der Waals surface area contributed by atoms with E-state index in [9.17, 15) is 8.42 Å². The van der Waals surface area contributed by atoms with Crippen molar-refractivity contribution in [3.63, 3.8) is 0 Å². The minimum absolute atomic E-state index is 0.0876. The highest BCUT2D eigenvalue weighted by molar-refractivity contribution is 7.91. The van der Waals surface area contributed by atoms with Gasteiger partial charge in [-0.05, 0) is 13.3 Å². The van der Waals surface area contributed by atoms with E-state index in [0.717, 1.165) is 0 Å². The number of ether oxygens (including phenoxy) is 1. The van der Waals surface area contributed by atoms with Gasteiger partial charge in [0.1, 0.15) is 0 Å². The summed E-state index contributed by atoms with van der Waals surface area (Å²) in [5.74, 6) is 0.300. The van der Waals surface area contributed by atoms with Crippen LogP contribution in [0.5, 0.6) is 0 Å². The van der Waals surface area contributed by atoms with Crippen molar-refractivity contribution in [3.05, 3.63) is 0 Å². The van der Waals surface area contributed by atoms with E-state index in [2.05, 4.69) is 0 Å². The van der Waals surface area contributed by atoms with E-state index in [4.69, 9.17) is 10.5 Å². The maximum Gasteiger partial charge on any atom is 0.153 e. The number of sulfone groups is 1. The van der Waals surface area contributed by atoms with Crippen molar-refractivity contribution in [1.29, 1.82) is 0 Å². The minimum atomic E-state index is -2.89. The second-order valence-electron chi connectivity index (χ2n) is 3.16. The molecule has 1 unspecified atom stereocenters. The third kappa shape index (κ3) is 1.97. The zero-order valence-corrected chi connectivity index (χ0v) is 8.06. The van der Waals surface area contributed by atoms with Crippen LogP contribution in [0.15, 0.2) is 0 Å².